The van der Waals surface area contributed by atoms with Crippen molar-refractivity contribution in [2.75, 3.05) is 13.2 Å². The first-order chi connectivity index (χ1) is 36.0. The van der Waals surface area contributed by atoms with Crippen LogP contribution in [0.1, 0.15) is 342 Å². The summed E-state index contributed by atoms with van der Waals surface area (Å²) in [6.45, 7) is 6.66. The highest BCUT2D eigenvalue weighted by Crippen LogP contribution is 2.17. The minimum Gasteiger partial charge on any atom is -0.462 e. The van der Waals surface area contributed by atoms with Gasteiger partial charge in [0.25, 0.3) is 0 Å². The molecule has 0 saturated heterocycles. The minimum atomic E-state index is -0.779. The third-order valence-electron chi connectivity index (χ3n) is 14.3. The molecule has 0 N–H and O–H groups in total. The zero-order chi connectivity index (χ0) is 52.9. The van der Waals surface area contributed by atoms with E-state index in [1.165, 1.54) is 225 Å². The first kappa shape index (κ1) is 70.4. The summed E-state index contributed by atoms with van der Waals surface area (Å²) in [5.74, 6) is -0.868. The highest BCUT2D eigenvalue weighted by Gasteiger charge is 2.19. The second-order valence-electron chi connectivity index (χ2n) is 21.7. The topological polar surface area (TPSA) is 78.9 Å². The lowest BCUT2D eigenvalue weighted by Gasteiger charge is -2.18. The van der Waals surface area contributed by atoms with E-state index in [9.17, 15) is 14.4 Å². The van der Waals surface area contributed by atoms with Gasteiger partial charge in [0.05, 0.1) is 0 Å². The van der Waals surface area contributed by atoms with Crippen LogP contribution in [0.4, 0.5) is 0 Å². The van der Waals surface area contributed by atoms with Gasteiger partial charge in [-0.3, -0.25) is 14.4 Å². The summed E-state index contributed by atoms with van der Waals surface area (Å²) in [4.78, 5) is 38.3. The number of unbranched alkanes of at least 4 members (excludes halogenated alkanes) is 40. The fraction of sp³-hybridized carbons (Fsp3) is 0.836. The predicted molar refractivity (Wildman–Crippen MR) is 316 cm³/mol. The first-order valence-electron chi connectivity index (χ1n) is 32.1. The summed E-state index contributed by atoms with van der Waals surface area (Å²) < 4.78 is 16.9. The SMILES string of the molecule is CCCCCCC/C=C\C/C=C\C/C=C\CCCCCCCCC(=O)OCC(COC(=O)CCCCCCCCCCCCCCCCC)OC(=O)CCCCCCCCCCC/C=C\CCCCCCCC. The number of carbonyl (C=O) groups is 3. The molecule has 73 heavy (non-hydrogen) atoms. The van der Waals surface area contributed by atoms with E-state index in [0.29, 0.717) is 19.3 Å². The van der Waals surface area contributed by atoms with Gasteiger partial charge in [0, 0.05) is 19.3 Å². The van der Waals surface area contributed by atoms with Crippen LogP contribution in [0, 0.1) is 0 Å². The van der Waals surface area contributed by atoms with Crippen molar-refractivity contribution < 1.29 is 28.6 Å². The Kier molecular flexibility index (Phi) is 59.7. The van der Waals surface area contributed by atoms with E-state index in [2.05, 4.69) is 69.4 Å². The van der Waals surface area contributed by atoms with Gasteiger partial charge in [0.1, 0.15) is 13.2 Å². The predicted octanol–water partition coefficient (Wildman–Crippen LogP) is 21.8. The lowest BCUT2D eigenvalue weighted by atomic mass is 10.0. The van der Waals surface area contributed by atoms with Crippen LogP contribution in [-0.2, 0) is 28.6 Å². The lowest BCUT2D eigenvalue weighted by Crippen LogP contribution is -2.30. The van der Waals surface area contributed by atoms with Gasteiger partial charge >= 0.3 is 17.9 Å². The Hall–Kier alpha value is -2.63. The van der Waals surface area contributed by atoms with Crippen molar-refractivity contribution in [2.45, 2.75) is 348 Å². The molecule has 6 heteroatoms. The van der Waals surface area contributed by atoms with Crippen molar-refractivity contribution >= 4 is 17.9 Å². The normalized spacial score (nSPS) is 12.3. The fourth-order valence-corrected chi connectivity index (χ4v) is 9.45. The number of allylic oxidation sites excluding steroid dienone is 8. The largest absolute Gasteiger partial charge is 0.462 e. The summed E-state index contributed by atoms with van der Waals surface area (Å²) in [6.07, 6.45) is 76.8. The third kappa shape index (κ3) is 60.1. The first-order valence-corrected chi connectivity index (χ1v) is 32.1. The van der Waals surface area contributed by atoms with Crippen LogP contribution in [0.3, 0.4) is 0 Å². The second kappa shape index (κ2) is 61.9. The molecule has 0 aliphatic rings. The zero-order valence-corrected chi connectivity index (χ0v) is 48.9. The maximum atomic E-state index is 12.9. The molecule has 426 valence electrons. The standard InChI is InChI=1S/C67H122O6/c1-4-7-10-13-16-19-22-25-28-30-32-33-35-36-39-42-45-48-51-54-57-60-66(69)72-63-64(62-71-65(68)59-56-53-50-47-44-41-38-27-24-21-18-15-12-9-6-3)73-67(70)61-58-55-52-49-46-43-40-37-34-31-29-26-23-20-17-14-11-8-5-2/h22,25-26,29-30,32,35-36,64H,4-21,23-24,27-28,31,33-34,37-63H2,1-3H3/b25-22-,29-26-,32-30-,36-35-. The van der Waals surface area contributed by atoms with Crippen molar-refractivity contribution in [1.82, 2.24) is 0 Å². The van der Waals surface area contributed by atoms with Crippen LogP contribution in [0.15, 0.2) is 48.6 Å². The van der Waals surface area contributed by atoms with Gasteiger partial charge in [-0.15, -0.1) is 0 Å². The zero-order valence-electron chi connectivity index (χ0n) is 48.9. The van der Waals surface area contributed by atoms with E-state index < -0.39 is 6.10 Å². The molecule has 0 spiro atoms. The Morgan fingerprint density at radius 1 is 0.274 bits per heavy atom. The van der Waals surface area contributed by atoms with E-state index >= 15 is 0 Å². The lowest BCUT2D eigenvalue weighted by molar-refractivity contribution is -0.167. The summed E-state index contributed by atoms with van der Waals surface area (Å²) in [6, 6.07) is 0. The molecule has 0 aromatic rings. The minimum absolute atomic E-state index is 0.0745. The highest BCUT2D eigenvalue weighted by molar-refractivity contribution is 5.71. The van der Waals surface area contributed by atoms with Gasteiger partial charge in [0.15, 0.2) is 6.10 Å². The Bertz CT molecular complexity index is 1270. The number of hydrogen-bond donors (Lipinski definition) is 0. The van der Waals surface area contributed by atoms with Crippen molar-refractivity contribution in [3.8, 4) is 0 Å². The van der Waals surface area contributed by atoms with Crippen molar-refractivity contribution in [3.63, 3.8) is 0 Å². The molecule has 0 rings (SSSR count). The number of carbonyl (C=O) groups excluding carboxylic acids is 3. The van der Waals surface area contributed by atoms with Gasteiger partial charge in [-0.05, 0) is 83.5 Å². The molecular weight excluding hydrogens is 901 g/mol. The van der Waals surface area contributed by atoms with Crippen molar-refractivity contribution in [2.24, 2.45) is 0 Å². The molecule has 0 fully saturated rings. The number of rotatable bonds is 59. The van der Waals surface area contributed by atoms with Gasteiger partial charge < -0.3 is 14.2 Å². The van der Waals surface area contributed by atoms with Gasteiger partial charge in [0.2, 0.25) is 0 Å². The van der Waals surface area contributed by atoms with Crippen LogP contribution < -0.4 is 0 Å². The van der Waals surface area contributed by atoms with Gasteiger partial charge in [-0.1, -0.05) is 288 Å². The molecule has 0 amide bonds. The third-order valence-corrected chi connectivity index (χ3v) is 14.3. The van der Waals surface area contributed by atoms with E-state index in [1.807, 2.05) is 0 Å². The molecule has 0 aliphatic carbocycles. The molecule has 0 aliphatic heterocycles. The van der Waals surface area contributed by atoms with Crippen molar-refractivity contribution in [1.29, 1.82) is 0 Å². The smallest absolute Gasteiger partial charge is 0.306 e. The monoisotopic (exact) mass is 1020 g/mol. The van der Waals surface area contributed by atoms with Crippen molar-refractivity contribution in [3.05, 3.63) is 48.6 Å². The summed E-state index contributed by atoms with van der Waals surface area (Å²) >= 11 is 0. The summed E-state index contributed by atoms with van der Waals surface area (Å²) in [5.41, 5.74) is 0. The molecular formula is C67H122O6. The molecule has 0 radical (unpaired) electrons. The van der Waals surface area contributed by atoms with E-state index in [4.69, 9.17) is 14.2 Å². The Labute approximate surface area is 454 Å². The van der Waals surface area contributed by atoms with E-state index in [-0.39, 0.29) is 31.1 Å². The maximum Gasteiger partial charge on any atom is 0.306 e. The molecule has 0 aromatic carbocycles. The molecule has 0 heterocycles. The number of ether oxygens (including phenoxy) is 3. The van der Waals surface area contributed by atoms with Crippen LogP contribution in [0.25, 0.3) is 0 Å². The molecule has 0 saturated carbocycles. The highest BCUT2D eigenvalue weighted by atomic mass is 16.6. The molecule has 6 nitrogen and oxygen atoms in total. The van der Waals surface area contributed by atoms with Crippen LogP contribution in [0.2, 0.25) is 0 Å². The second-order valence-corrected chi connectivity index (χ2v) is 21.7. The Morgan fingerprint density at radius 2 is 0.493 bits per heavy atom. The maximum absolute atomic E-state index is 12.9. The van der Waals surface area contributed by atoms with E-state index in [0.717, 1.165) is 77.0 Å². The van der Waals surface area contributed by atoms with E-state index in [1.54, 1.807) is 0 Å². The molecule has 0 bridgehead atoms. The molecule has 1 atom stereocenters. The van der Waals surface area contributed by atoms with Crippen LogP contribution in [0.5, 0.6) is 0 Å². The van der Waals surface area contributed by atoms with Gasteiger partial charge in [-0.25, -0.2) is 0 Å². The molecule has 0 aromatic heterocycles. The average Bonchev–Trinajstić information content (AvgIpc) is 3.39. The van der Waals surface area contributed by atoms with Crippen LogP contribution in [-0.4, -0.2) is 37.2 Å². The summed E-state index contributed by atoms with van der Waals surface area (Å²) in [7, 11) is 0. The Balaban J connectivity index is 4.36. The molecule has 1 unspecified atom stereocenters. The Morgan fingerprint density at radius 3 is 0.781 bits per heavy atom. The van der Waals surface area contributed by atoms with Crippen LogP contribution >= 0.6 is 0 Å². The van der Waals surface area contributed by atoms with Gasteiger partial charge in [-0.2, -0.15) is 0 Å². The quantitative estimate of drug-likeness (QED) is 0.0261. The fourth-order valence-electron chi connectivity index (χ4n) is 9.45. The summed E-state index contributed by atoms with van der Waals surface area (Å²) in [5, 5.41) is 0. The number of hydrogen-bond acceptors (Lipinski definition) is 6. The number of esters is 3. The average molecular weight is 1020 g/mol.